The van der Waals surface area contributed by atoms with E-state index >= 15 is 0 Å². The van der Waals surface area contributed by atoms with Crippen LogP contribution < -0.4 is 15.0 Å². The molecule has 0 radical (unpaired) electrons. The van der Waals surface area contributed by atoms with Gasteiger partial charge in [0.1, 0.15) is 5.75 Å². The maximum Gasteiger partial charge on any atom is 0.255 e. The van der Waals surface area contributed by atoms with Crippen molar-refractivity contribution in [3.63, 3.8) is 0 Å². The molecule has 1 heterocycles. The standard InChI is InChI=1S/C29H22N2O/c1-2-10-20(11-3-1)31(29-30-26-14-4-5-15-27(26)32-29)21-16-17-22-23-12-6-8-19-9-7-13-24(28(19)23)25(22)18-21/h1-18,22,25,29-30H. The van der Waals surface area contributed by atoms with Gasteiger partial charge in [-0.1, -0.05) is 78.9 Å². The van der Waals surface area contributed by atoms with Crippen molar-refractivity contribution in [2.75, 3.05) is 10.2 Å². The number of ether oxygens (including phenoxy) is 1. The van der Waals surface area contributed by atoms with E-state index in [0.717, 1.165) is 22.8 Å². The van der Waals surface area contributed by atoms with Gasteiger partial charge >= 0.3 is 0 Å². The minimum Gasteiger partial charge on any atom is -0.450 e. The molecule has 3 aliphatic rings. The average Bonchev–Trinajstić information content (AvgIpc) is 3.41. The van der Waals surface area contributed by atoms with Gasteiger partial charge in [0.05, 0.1) is 5.69 Å². The summed E-state index contributed by atoms with van der Waals surface area (Å²) in [6, 6.07) is 32.0. The molecule has 4 aromatic carbocycles. The highest BCUT2D eigenvalue weighted by Gasteiger charge is 2.36. The highest BCUT2D eigenvalue weighted by atomic mass is 16.5. The first-order valence-electron chi connectivity index (χ1n) is 11.1. The lowest BCUT2D eigenvalue weighted by molar-refractivity contribution is 0.255. The van der Waals surface area contributed by atoms with Crippen LogP contribution in [-0.2, 0) is 0 Å². The molecule has 0 aromatic heterocycles. The molecule has 3 nitrogen and oxygen atoms in total. The lowest BCUT2D eigenvalue weighted by Crippen LogP contribution is -2.42. The van der Waals surface area contributed by atoms with Crippen molar-refractivity contribution in [3.8, 4) is 5.75 Å². The van der Waals surface area contributed by atoms with Crippen molar-refractivity contribution in [2.45, 2.75) is 18.2 Å². The first kappa shape index (κ1) is 17.7. The van der Waals surface area contributed by atoms with Crippen LogP contribution in [0, 0.1) is 0 Å². The Bertz CT molecular complexity index is 1380. The molecule has 4 aromatic rings. The smallest absolute Gasteiger partial charge is 0.255 e. The van der Waals surface area contributed by atoms with E-state index in [0.29, 0.717) is 11.8 Å². The van der Waals surface area contributed by atoms with Crippen LogP contribution in [0.15, 0.2) is 115 Å². The Morgan fingerprint density at radius 1 is 0.719 bits per heavy atom. The van der Waals surface area contributed by atoms with Gasteiger partial charge < -0.3 is 10.1 Å². The van der Waals surface area contributed by atoms with E-state index in [1.807, 2.05) is 18.2 Å². The predicted molar refractivity (Wildman–Crippen MR) is 130 cm³/mol. The third-order valence-electron chi connectivity index (χ3n) is 6.85. The van der Waals surface area contributed by atoms with Crippen molar-refractivity contribution in [3.05, 3.63) is 126 Å². The van der Waals surface area contributed by atoms with Crippen LogP contribution in [0.1, 0.15) is 23.0 Å². The lowest BCUT2D eigenvalue weighted by atomic mass is 9.85. The van der Waals surface area contributed by atoms with Crippen molar-refractivity contribution < 1.29 is 4.74 Å². The molecule has 3 atom stereocenters. The van der Waals surface area contributed by atoms with Crippen molar-refractivity contribution in [1.29, 1.82) is 0 Å². The van der Waals surface area contributed by atoms with Crippen LogP contribution in [0.4, 0.5) is 11.4 Å². The maximum atomic E-state index is 6.35. The van der Waals surface area contributed by atoms with E-state index in [1.165, 1.54) is 21.9 Å². The molecule has 0 fully saturated rings. The third kappa shape index (κ3) is 2.54. The van der Waals surface area contributed by atoms with Crippen molar-refractivity contribution >= 4 is 22.1 Å². The summed E-state index contributed by atoms with van der Waals surface area (Å²) in [6.07, 6.45) is 6.74. The van der Waals surface area contributed by atoms with E-state index in [1.54, 1.807) is 0 Å². The molecule has 0 spiro atoms. The van der Waals surface area contributed by atoms with E-state index in [9.17, 15) is 0 Å². The van der Waals surface area contributed by atoms with Crippen LogP contribution in [-0.4, -0.2) is 6.35 Å². The largest absolute Gasteiger partial charge is 0.450 e. The summed E-state index contributed by atoms with van der Waals surface area (Å²) in [6.45, 7) is 0. The van der Waals surface area contributed by atoms with Gasteiger partial charge in [0.2, 0.25) is 0 Å². The van der Waals surface area contributed by atoms with Gasteiger partial charge in [-0.15, -0.1) is 0 Å². The molecule has 0 amide bonds. The van der Waals surface area contributed by atoms with Crippen LogP contribution in [0.3, 0.4) is 0 Å². The quantitative estimate of drug-likeness (QED) is 0.400. The number of hydrogen-bond acceptors (Lipinski definition) is 3. The molecule has 154 valence electrons. The molecular weight excluding hydrogens is 392 g/mol. The van der Waals surface area contributed by atoms with E-state index < -0.39 is 0 Å². The molecule has 3 unspecified atom stereocenters. The summed E-state index contributed by atoms with van der Waals surface area (Å²) >= 11 is 0. The van der Waals surface area contributed by atoms with Crippen LogP contribution >= 0.6 is 0 Å². The fraction of sp³-hybridized carbons (Fsp3) is 0.103. The zero-order chi connectivity index (χ0) is 21.1. The number of fused-ring (bicyclic) bond motifs is 4. The number of anilines is 2. The molecule has 1 aliphatic heterocycles. The molecule has 32 heavy (non-hydrogen) atoms. The molecule has 3 heteroatoms. The summed E-state index contributed by atoms with van der Waals surface area (Å²) in [4.78, 5) is 2.26. The molecule has 0 saturated heterocycles. The Balaban J connectivity index is 1.33. The average molecular weight is 415 g/mol. The second-order valence-electron chi connectivity index (χ2n) is 8.61. The summed E-state index contributed by atoms with van der Waals surface area (Å²) in [5.41, 5.74) is 6.12. The van der Waals surface area contributed by atoms with E-state index in [2.05, 4.69) is 101 Å². The zero-order valence-electron chi connectivity index (χ0n) is 17.5. The Labute approximate surface area is 187 Å². The Hall–Kier alpha value is -3.98. The zero-order valence-corrected chi connectivity index (χ0v) is 17.5. The lowest BCUT2D eigenvalue weighted by Gasteiger charge is -2.34. The minimum absolute atomic E-state index is 0.304. The molecule has 1 N–H and O–H groups in total. The predicted octanol–water partition coefficient (Wildman–Crippen LogP) is 6.77. The second-order valence-corrected chi connectivity index (χ2v) is 8.61. The number of nitrogens with one attached hydrogen (secondary N) is 1. The summed E-state index contributed by atoms with van der Waals surface area (Å²) in [7, 11) is 0. The Morgan fingerprint density at radius 3 is 2.28 bits per heavy atom. The summed E-state index contributed by atoms with van der Waals surface area (Å²) in [5.74, 6) is 1.59. The van der Waals surface area contributed by atoms with E-state index in [4.69, 9.17) is 4.74 Å². The number of hydrogen-bond donors (Lipinski definition) is 1. The van der Waals surface area contributed by atoms with Gasteiger partial charge in [0, 0.05) is 23.2 Å². The Kier molecular flexibility index (Phi) is 3.73. The number of allylic oxidation sites excluding steroid dienone is 3. The second kappa shape index (κ2) is 6.76. The van der Waals surface area contributed by atoms with Gasteiger partial charge in [0.25, 0.3) is 6.35 Å². The molecule has 2 aliphatic carbocycles. The monoisotopic (exact) mass is 414 g/mol. The molecular formula is C29H22N2O. The fourth-order valence-electron chi connectivity index (χ4n) is 5.46. The van der Waals surface area contributed by atoms with Gasteiger partial charge in [-0.2, -0.15) is 0 Å². The highest BCUT2D eigenvalue weighted by Crippen LogP contribution is 2.51. The first-order valence-corrected chi connectivity index (χ1v) is 11.1. The highest BCUT2D eigenvalue weighted by molar-refractivity contribution is 5.93. The minimum atomic E-state index is -0.304. The van der Waals surface area contributed by atoms with Gasteiger partial charge in [-0.3, -0.25) is 4.90 Å². The van der Waals surface area contributed by atoms with Gasteiger partial charge in [-0.05, 0) is 52.2 Å². The van der Waals surface area contributed by atoms with Gasteiger partial charge in [-0.25, -0.2) is 0 Å². The fourth-order valence-corrected chi connectivity index (χ4v) is 5.46. The van der Waals surface area contributed by atoms with Crippen molar-refractivity contribution in [2.24, 2.45) is 0 Å². The SMILES string of the molecule is C1=CC2c3cccc4cccc(c34)C2C=C1N(c1ccccc1)C1Nc2ccccc2O1. The Morgan fingerprint density at radius 2 is 1.47 bits per heavy atom. The molecule has 0 bridgehead atoms. The summed E-state index contributed by atoms with van der Waals surface area (Å²) in [5, 5.41) is 6.30. The normalized spacial score (nSPS) is 22.0. The number of para-hydroxylation sites is 3. The van der Waals surface area contributed by atoms with Crippen LogP contribution in [0.25, 0.3) is 10.8 Å². The topological polar surface area (TPSA) is 24.5 Å². The van der Waals surface area contributed by atoms with Crippen LogP contribution in [0.5, 0.6) is 5.75 Å². The number of nitrogens with zero attached hydrogens (tertiary/aromatic N) is 1. The first-order chi connectivity index (χ1) is 15.9. The third-order valence-corrected chi connectivity index (χ3v) is 6.85. The molecule has 7 rings (SSSR count). The van der Waals surface area contributed by atoms with Crippen LogP contribution in [0.2, 0.25) is 0 Å². The van der Waals surface area contributed by atoms with Crippen molar-refractivity contribution in [1.82, 2.24) is 0 Å². The summed E-state index contributed by atoms with van der Waals surface area (Å²) < 4.78 is 6.35. The number of rotatable bonds is 3. The van der Waals surface area contributed by atoms with Gasteiger partial charge in [0.15, 0.2) is 0 Å². The maximum absolute atomic E-state index is 6.35. The van der Waals surface area contributed by atoms with E-state index in [-0.39, 0.29) is 6.35 Å². The number of benzene rings is 4. The molecule has 0 saturated carbocycles.